The molecule has 0 aliphatic carbocycles. The van der Waals surface area contributed by atoms with Crippen molar-refractivity contribution in [3.8, 4) is 5.75 Å². The molecule has 28 heavy (non-hydrogen) atoms. The summed E-state index contributed by atoms with van der Waals surface area (Å²) < 4.78 is 7.13. The van der Waals surface area contributed by atoms with E-state index in [0.29, 0.717) is 17.9 Å². The maximum absolute atomic E-state index is 13.3. The lowest BCUT2D eigenvalue weighted by Crippen LogP contribution is -2.31. The normalized spacial score (nSPS) is 16.9. The average Bonchev–Trinajstić information content (AvgIpc) is 3.36. The standard InChI is InChI=1S/C21H25N5O2/c1-4-28-16-9-7-15(8-10-16)19-6-5-11-25(19)21(27)18-12-17(14(2)3)20-23-22-13-26(20)24-18/h7-10,12-14,19H,4-6,11H2,1-3H3. The zero-order valence-electron chi connectivity index (χ0n) is 16.5. The number of rotatable bonds is 5. The Bertz CT molecular complexity index is 980. The molecule has 1 atom stereocenters. The minimum absolute atomic E-state index is 0.0473. The quantitative estimate of drug-likeness (QED) is 0.677. The molecule has 1 saturated heterocycles. The fourth-order valence-electron chi connectivity index (χ4n) is 3.84. The number of carbonyl (C=O) groups is 1. The van der Waals surface area contributed by atoms with Crippen LogP contribution in [0.5, 0.6) is 5.75 Å². The van der Waals surface area contributed by atoms with E-state index in [9.17, 15) is 4.79 Å². The summed E-state index contributed by atoms with van der Waals surface area (Å²) in [5, 5.41) is 12.5. The van der Waals surface area contributed by atoms with Crippen LogP contribution in [-0.4, -0.2) is 43.8 Å². The number of benzene rings is 1. The Hall–Kier alpha value is -2.96. The number of nitrogens with zero attached hydrogens (tertiary/aromatic N) is 5. The van der Waals surface area contributed by atoms with Crippen LogP contribution in [0.1, 0.15) is 67.2 Å². The molecule has 2 aromatic heterocycles. The van der Waals surface area contributed by atoms with Crippen LogP contribution in [0.4, 0.5) is 0 Å². The van der Waals surface area contributed by atoms with Crippen LogP contribution in [-0.2, 0) is 0 Å². The second-order valence-corrected chi connectivity index (χ2v) is 7.40. The molecular formula is C21H25N5O2. The minimum Gasteiger partial charge on any atom is -0.494 e. The predicted octanol–water partition coefficient (Wildman–Crippen LogP) is 3.62. The van der Waals surface area contributed by atoms with Gasteiger partial charge in [-0.25, -0.2) is 0 Å². The number of carbonyl (C=O) groups excluding carboxylic acids is 1. The summed E-state index contributed by atoms with van der Waals surface area (Å²) in [5.41, 5.74) is 3.25. The number of fused-ring (bicyclic) bond motifs is 1. The fourth-order valence-corrected chi connectivity index (χ4v) is 3.84. The van der Waals surface area contributed by atoms with Crippen LogP contribution in [0.2, 0.25) is 0 Å². The predicted molar refractivity (Wildman–Crippen MR) is 105 cm³/mol. The van der Waals surface area contributed by atoms with Gasteiger partial charge in [-0.1, -0.05) is 26.0 Å². The van der Waals surface area contributed by atoms with Crippen molar-refractivity contribution in [3.63, 3.8) is 0 Å². The lowest BCUT2D eigenvalue weighted by molar-refractivity contribution is 0.0728. The molecule has 1 fully saturated rings. The van der Waals surface area contributed by atoms with E-state index in [2.05, 4.69) is 41.3 Å². The van der Waals surface area contributed by atoms with Crippen LogP contribution in [0.25, 0.3) is 5.65 Å². The van der Waals surface area contributed by atoms with Crippen LogP contribution in [0.15, 0.2) is 36.7 Å². The molecule has 1 amide bonds. The molecule has 0 saturated carbocycles. The molecule has 1 unspecified atom stereocenters. The van der Waals surface area contributed by atoms with E-state index in [-0.39, 0.29) is 17.9 Å². The molecule has 4 rings (SSSR count). The van der Waals surface area contributed by atoms with Gasteiger partial charge in [0.15, 0.2) is 5.65 Å². The van der Waals surface area contributed by atoms with Gasteiger partial charge in [0.2, 0.25) is 0 Å². The molecule has 7 heteroatoms. The van der Waals surface area contributed by atoms with Crippen LogP contribution in [0.3, 0.4) is 0 Å². The Balaban J connectivity index is 1.64. The zero-order chi connectivity index (χ0) is 19.7. The van der Waals surface area contributed by atoms with Gasteiger partial charge in [-0.2, -0.15) is 9.61 Å². The summed E-state index contributed by atoms with van der Waals surface area (Å²) in [6.45, 7) is 7.50. The van der Waals surface area contributed by atoms with Crippen molar-refractivity contribution in [1.29, 1.82) is 0 Å². The summed E-state index contributed by atoms with van der Waals surface area (Å²) in [6.07, 6.45) is 3.48. The number of likely N-dealkylation sites (tertiary alicyclic amines) is 1. The van der Waals surface area contributed by atoms with Crippen LogP contribution < -0.4 is 4.74 Å². The number of hydrogen-bond donors (Lipinski definition) is 0. The Labute approximate surface area is 164 Å². The maximum Gasteiger partial charge on any atom is 0.274 e. The van der Waals surface area contributed by atoms with Crippen molar-refractivity contribution in [2.45, 2.75) is 45.6 Å². The Morgan fingerprint density at radius 1 is 1.29 bits per heavy atom. The molecule has 0 spiro atoms. The van der Waals surface area contributed by atoms with Gasteiger partial charge in [-0.3, -0.25) is 4.79 Å². The summed E-state index contributed by atoms with van der Waals surface area (Å²) in [4.78, 5) is 15.3. The molecule has 1 aliphatic heterocycles. The smallest absolute Gasteiger partial charge is 0.274 e. The highest BCUT2D eigenvalue weighted by molar-refractivity contribution is 5.93. The van der Waals surface area contributed by atoms with E-state index in [0.717, 1.165) is 36.3 Å². The number of aromatic nitrogens is 4. The van der Waals surface area contributed by atoms with Crippen molar-refractivity contribution in [1.82, 2.24) is 24.7 Å². The molecular weight excluding hydrogens is 354 g/mol. The number of ether oxygens (including phenoxy) is 1. The summed E-state index contributed by atoms with van der Waals surface area (Å²) in [5.74, 6) is 1.03. The summed E-state index contributed by atoms with van der Waals surface area (Å²) in [7, 11) is 0. The van der Waals surface area contributed by atoms with Crippen molar-refractivity contribution in [2.24, 2.45) is 0 Å². The average molecular weight is 379 g/mol. The van der Waals surface area contributed by atoms with Gasteiger partial charge in [0.25, 0.3) is 5.91 Å². The molecule has 1 aromatic carbocycles. The SMILES string of the molecule is CCOc1ccc(C2CCCN2C(=O)c2cc(C(C)C)c3nncn3n2)cc1. The highest BCUT2D eigenvalue weighted by Crippen LogP contribution is 2.34. The third-order valence-electron chi connectivity index (χ3n) is 5.23. The van der Waals surface area contributed by atoms with Gasteiger partial charge >= 0.3 is 0 Å². The molecule has 3 aromatic rings. The minimum atomic E-state index is -0.0473. The van der Waals surface area contributed by atoms with E-state index >= 15 is 0 Å². The molecule has 0 radical (unpaired) electrons. The first-order valence-electron chi connectivity index (χ1n) is 9.83. The van der Waals surface area contributed by atoms with Crippen molar-refractivity contribution in [3.05, 3.63) is 53.5 Å². The monoisotopic (exact) mass is 379 g/mol. The highest BCUT2D eigenvalue weighted by Gasteiger charge is 2.32. The van der Waals surface area contributed by atoms with E-state index in [1.54, 1.807) is 10.8 Å². The lowest BCUT2D eigenvalue weighted by Gasteiger charge is -2.25. The van der Waals surface area contributed by atoms with Crippen molar-refractivity contribution >= 4 is 11.6 Å². The third kappa shape index (κ3) is 3.32. The van der Waals surface area contributed by atoms with Crippen molar-refractivity contribution < 1.29 is 9.53 Å². The van der Waals surface area contributed by atoms with Gasteiger partial charge in [0.05, 0.1) is 12.6 Å². The number of amides is 1. The molecule has 1 aliphatic rings. The molecule has 146 valence electrons. The Morgan fingerprint density at radius 3 is 2.79 bits per heavy atom. The molecule has 0 bridgehead atoms. The van der Waals surface area contributed by atoms with Gasteiger partial charge in [-0.15, -0.1) is 10.2 Å². The second-order valence-electron chi connectivity index (χ2n) is 7.40. The van der Waals surface area contributed by atoms with E-state index in [4.69, 9.17) is 4.74 Å². The first-order valence-corrected chi connectivity index (χ1v) is 9.83. The Kier molecular flexibility index (Phi) is 4.98. The first kappa shape index (κ1) is 18.4. The van der Waals surface area contributed by atoms with E-state index in [1.807, 2.05) is 30.0 Å². The maximum atomic E-state index is 13.3. The van der Waals surface area contributed by atoms with E-state index < -0.39 is 0 Å². The third-order valence-corrected chi connectivity index (χ3v) is 5.23. The number of hydrogen-bond acceptors (Lipinski definition) is 5. The zero-order valence-corrected chi connectivity index (χ0v) is 16.5. The van der Waals surface area contributed by atoms with Crippen molar-refractivity contribution in [2.75, 3.05) is 13.2 Å². The van der Waals surface area contributed by atoms with Gasteiger partial charge in [0.1, 0.15) is 17.8 Å². The molecule has 3 heterocycles. The molecule has 0 N–H and O–H groups in total. The second kappa shape index (κ2) is 7.58. The lowest BCUT2D eigenvalue weighted by atomic mass is 10.0. The summed E-state index contributed by atoms with van der Waals surface area (Å²) in [6, 6.07) is 9.97. The van der Waals surface area contributed by atoms with Gasteiger partial charge in [-0.05, 0) is 49.4 Å². The Morgan fingerprint density at radius 2 is 2.07 bits per heavy atom. The summed E-state index contributed by atoms with van der Waals surface area (Å²) >= 11 is 0. The first-order chi connectivity index (χ1) is 13.6. The largest absolute Gasteiger partial charge is 0.494 e. The van der Waals surface area contributed by atoms with Crippen LogP contribution in [0, 0.1) is 0 Å². The highest BCUT2D eigenvalue weighted by atomic mass is 16.5. The fraction of sp³-hybridized carbons (Fsp3) is 0.429. The van der Waals surface area contributed by atoms with E-state index in [1.165, 1.54) is 0 Å². The van der Waals surface area contributed by atoms with Crippen LogP contribution >= 0.6 is 0 Å². The topological polar surface area (TPSA) is 72.6 Å². The van der Waals surface area contributed by atoms with Gasteiger partial charge < -0.3 is 9.64 Å². The van der Waals surface area contributed by atoms with Gasteiger partial charge in [0, 0.05) is 12.1 Å². The molecule has 7 nitrogen and oxygen atoms in total.